The highest BCUT2D eigenvalue weighted by Crippen LogP contribution is 2.32. The largest absolute Gasteiger partial charge is 0.398 e. The maximum atomic E-state index is 12.8. The van der Waals surface area contributed by atoms with Crippen molar-refractivity contribution in [2.75, 3.05) is 30.6 Å². The van der Waals surface area contributed by atoms with Gasteiger partial charge in [-0.2, -0.15) is 12.7 Å². The number of oxime groups is 1. The second kappa shape index (κ2) is 11.6. The van der Waals surface area contributed by atoms with Crippen molar-refractivity contribution in [2.24, 2.45) is 5.16 Å². The number of carbonyl (C=O) groups is 4. The third-order valence-corrected chi connectivity index (χ3v) is 7.11. The molecule has 1 fully saturated rings. The van der Waals surface area contributed by atoms with Crippen molar-refractivity contribution < 1.29 is 37.0 Å². The van der Waals surface area contributed by atoms with Gasteiger partial charge in [-0.05, 0) is 0 Å². The van der Waals surface area contributed by atoms with E-state index in [0.717, 1.165) is 23.1 Å². The lowest BCUT2D eigenvalue weighted by Gasteiger charge is -2.43. The zero-order valence-electron chi connectivity index (χ0n) is 17.1. The van der Waals surface area contributed by atoms with E-state index in [2.05, 4.69) is 30.9 Å². The van der Waals surface area contributed by atoms with Crippen LogP contribution in [0.2, 0.25) is 0 Å². The van der Waals surface area contributed by atoms with Crippen LogP contribution in [-0.2, 0) is 34.3 Å². The lowest BCUT2D eigenvalue weighted by atomic mass is 10.1. The molecule has 0 spiro atoms. The molecular weight excluding hydrogens is 524 g/mol. The molecule has 4 amide bonds. The Labute approximate surface area is 201 Å². The van der Waals surface area contributed by atoms with Crippen molar-refractivity contribution in [3.63, 3.8) is 0 Å². The Hall–Kier alpha value is -2.47. The molecule has 182 valence electrons. The van der Waals surface area contributed by atoms with Crippen LogP contribution in [-0.4, -0.2) is 88.3 Å². The van der Waals surface area contributed by atoms with Gasteiger partial charge in [0.2, 0.25) is 11.8 Å². The van der Waals surface area contributed by atoms with Gasteiger partial charge in [0.15, 0.2) is 10.8 Å². The van der Waals surface area contributed by atoms with Crippen molar-refractivity contribution in [1.29, 1.82) is 0 Å². The lowest BCUT2D eigenvalue weighted by molar-refractivity contribution is -0.141. The number of β-lactam (4-membered cyclic amide) rings is 1. The Bertz CT molecular complexity index is 1060. The van der Waals surface area contributed by atoms with Gasteiger partial charge in [-0.1, -0.05) is 5.16 Å². The predicted octanol–water partition coefficient (Wildman–Crippen LogP) is -1.00. The van der Waals surface area contributed by atoms with Crippen LogP contribution in [0.5, 0.6) is 0 Å². The molecule has 0 saturated carbocycles. The summed E-state index contributed by atoms with van der Waals surface area (Å²) in [5.41, 5.74) is -0.335. The quantitative estimate of drug-likeness (QED) is 0.0671. The van der Waals surface area contributed by atoms with Gasteiger partial charge in [0.1, 0.15) is 30.1 Å². The third-order valence-electron chi connectivity index (χ3n) is 3.81. The van der Waals surface area contributed by atoms with E-state index in [-0.39, 0.29) is 44.9 Å². The average Bonchev–Trinajstić information content (AvgIpc) is 3.18. The fourth-order valence-corrected chi connectivity index (χ4v) is 5.57. The van der Waals surface area contributed by atoms with Gasteiger partial charge in [-0.3, -0.25) is 23.7 Å². The summed E-state index contributed by atoms with van der Waals surface area (Å²) in [7, 11) is -3.70. The summed E-state index contributed by atoms with van der Waals surface area (Å²) in [5, 5.41) is 11.2. The van der Waals surface area contributed by atoms with Crippen molar-refractivity contribution in [3.05, 3.63) is 11.1 Å². The molecule has 0 unspecified atom stereocenters. The van der Waals surface area contributed by atoms with Crippen LogP contribution >= 0.6 is 34.7 Å². The smallest absolute Gasteiger partial charge is 0.363 e. The first-order valence-electron chi connectivity index (χ1n) is 8.90. The zero-order chi connectivity index (χ0) is 24.8. The Morgan fingerprint density at radius 3 is 2.70 bits per heavy atom. The van der Waals surface area contributed by atoms with Crippen LogP contribution in [0.15, 0.2) is 10.5 Å². The highest BCUT2D eigenvalue weighted by Gasteiger charge is 2.54. The molecule has 2 rings (SSSR count). The molecular formula is C15H19ClN6O8S3. The molecule has 2 heterocycles. The van der Waals surface area contributed by atoms with Crippen molar-refractivity contribution in [2.45, 2.75) is 18.3 Å². The number of aromatic nitrogens is 1. The summed E-state index contributed by atoms with van der Waals surface area (Å²) in [5.74, 6) is -2.92. The summed E-state index contributed by atoms with van der Waals surface area (Å²) in [6.07, 6.45) is 0. The molecule has 33 heavy (non-hydrogen) atoms. The van der Waals surface area contributed by atoms with Gasteiger partial charge in [-0.25, -0.2) is 4.98 Å². The van der Waals surface area contributed by atoms with Crippen LogP contribution in [0.1, 0.15) is 12.6 Å². The molecule has 0 bridgehead atoms. The fraction of sp³-hybridized carbons (Fsp3) is 0.467. The van der Waals surface area contributed by atoms with Gasteiger partial charge < -0.3 is 20.8 Å². The molecule has 1 aromatic heterocycles. The number of rotatable bonds is 11. The maximum absolute atomic E-state index is 12.8. The monoisotopic (exact) mass is 542 g/mol. The number of amides is 4. The molecule has 2 atom stereocenters. The average molecular weight is 543 g/mol. The van der Waals surface area contributed by atoms with Gasteiger partial charge in [0, 0.05) is 24.6 Å². The highest BCUT2D eigenvalue weighted by atomic mass is 35.5. The number of nitrogens with zero attached hydrogens (tertiary/aromatic N) is 3. The Morgan fingerprint density at radius 1 is 1.42 bits per heavy atom. The molecule has 1 aliphatic heterocycles. The minimum atomic E-state index is -4.87. The number of alkyl halides is 1. The normalized spacial score (nSPS) is 18.4. The molecule has 1 aliphatic rings. The van der Waals surface area contributed by atoms with E-state index in [4.69, 9.17) is 11.6 Å². The summed E-state index contributed by atoms with van der Waals surface area (Å²) in [6.45, 7) is 1.46. The number of halogens is 1. The number of nitrogens with one attached hydrogen (secondary N) is 3. The number of carbonyl (C=O) groups excluding carboxylic acids is 4. The molecule has 18 heteroatoms. The highest BCUT2D eigenvalue weighted by molar-refractivity contribution is 8.00. The van der Waals surface area contributed by atoms with Crippen LogP contribution in [0.4, 0.5) is 5.13 Å². The van der Waals surface area contributed by atoms with E-state index in [1.165, 1.54) is 19.4 Å². The van der Waals surface area contributed by atoms with Gasteiger partial charge in [0.05, 0.1) is 0 Å². The second-order valence-corrected chi connectivity index (χ2v) is 9.79. The minimum Gasteiger partial charge on any atom is -0.398 e. The summed E-state index contributed by atoms with van der Waals surface area (Å²) < 4.78 is 32.7. The van der Waals surface area contributed by atoms with Crippen LogP contribution in [0.25, 0.3) is 0 Å². The standard InChI is InChI=1S/C15H19ClN6O8S3/c1-7(23)17-3-4-31-14-11(13(26)22(14)33(27,28)29)20-12(25)10(21-30-2)8-6-32-15(18-8)19-9(24)5-16/h6,11,14H,3-5H2,1-2H3,(H,17,23)(H,20,25)(H,18,19,24)(H,27,28,29)/t11-,14+/m1/s1. The van der Waals surface area contributed by atoms with Crippen molar-refractivity contribution in [3.8, 4) is 0 Å². The Morgan fingerprint density at radius 2 is 2.12 bits per heavy atom. The second-order valence-electron chi connectivity index (χ2n) is 6.15. The van der Waals surface area contributed by atoms with Gasteiger partial charge >= 0.3 is 10.3 Å². The first kappa shape index (κ1) is 26.8. The summed E-state index contributed by atoms with van der Waals surface area (Å²) in [4.78, 5) is 56.2. The number of hydrogen-bond donors (Lipinski definition) is 4. The number of thiazole rings is 1. The number of hydrogen-bond acceptors (Lipinski definition) is 11. The first-order valence-corrected chi connectivity index (χ1v) is 12.8. The third kappa shape index (κ3) is 7.00. The molecule has 0 aromatic carbocycles. The van der Waals surface area contributed by atoms with Crippen molar-refractivity contribution >= 4 is 79.5 Å². The van der Waals surface area contributed by atoms with Crippen LogP contribution in [0, 0.1) is 0 Å². The summed E-state index contributed by atoms with van der Waals surface area (Å²) in [6, 6.07) is -1.32. The maximum Gasteiger partial charge on any atom is 0.363 e. The number of thioether (sulfide) groups is 1. The minimum absolute atomic E-state index is 0.0116. The SMILES string of the molecule is CON=C(C(=O)N[C@@H]1C(=O)N(S(=O)(=O)O)[C@H]1SCCNC(C)=O)c1csc(NC(=O)CCl)n1. The topological polar surface area (TPSA) is 196 Å². The molecule has 4 N–H and O–H groups in total. The van der Waals surface area contributed by atoms with Gasteiger partial charge in [-0.15, -0.1) is 34.7 Å². The van der Waals surface area contributed by atoms with E-state index in [1.54, 1.807) is 0 Å². The van der Waals surface area contributed by atoms with Crippen LogP contribution < -0.4 is 16.0 Å². The zero-order valence-corrected chi connectivity index (χ0v) is 20.3. The molecule has 0 aliphatic carbocycles. The summed E-state index contributed by atoms with van der Waals surface area (Å²) >= 11 is 7.32. The predicted molar refractivity (Wildman–Crippen MR) is 120 cm³/mol. The van der Waals surface area contributed by atoms with E-state index in [1.807, 2.05) is 0 Å². The fourth-order valence-electron chi connectivity index (χ4n) is 2.48. The molecule has 0 radical (unpaired) electrons. The lowest BCUT2D eigenvalue weighted by Crippen LogP contribution is -2.71. The Kier molecular flexibility index (Phi) is 9.41. The van der Waals surface area contributed by atoms with E-state index in [9.17, 15) is 32.1 Å². The Balaban J connectivity index is 2.16. The molecule has 14 nitrogen and oxygen atoms in total. The molecule has 1 aromatic rings. The van der Waals surface area contributed by atoms with Crippen molar-refractivity contribution in [1.82, 2.24) is 19.9 Å². The van der Waals surface area contributed by atoms with E-state index < -0.39 is 39.4 Å². The van der Waals surface area contributed by atoms with Crippen LogP contribution in [0.3, 0.4) is 0 Å². The first-order chi connectivity index (χ1) is 15.5. The number of anilines is 1. The van der Waals surface area contributed by atoms with E-state index in [0.29, 0.717) is 0 Å². The molecule has 1 saturated heterocycles. The van der Waals surface area contributed by atoms with E-state index >= 15 is 0 Å². The van der Waals surface area contributed by atoms with Gasteiger partial charge in [0.25, 0.3) is 11.8 Å².